The van der Waals surface area contributed by atoms with Crippen LogP contribution in [-0.2, 0) is 13.1 Å². The van der Waals surface area contributed by atoms with Crippen LogP contribution in [0, 0.1) is 0 Å². The molecule has 24 heavy (non-hydrogen) atoms. The van der Waals surface area contributed by atoms with E-state index >= 15 is 0 Å². The summed E-state index contributed by atoms with van der Waals surface area (Å²) in [7, 11) is 0. The fraction of sp³-hybridized carbons (Fsp3) is 0.412. The van der Waals surface area contributed by atoms with Crippen LogP contribution in [0.1, 0.15) is 42.1 Å². The number of hydrogen-bond acceptors (Lipinski definition) is 6. The minimum absolute atomic E-state index is 0.234. The molecule has 0 bridgehead atoms. The van der Waals surface area contributed by atoms with Gasteiger partial charge in [0, 0.05) is 18.7 Å². The number of aromatic nitrogens is 1. The van der Waals surface area contributed by atoms with Gasteiger partial charge < -0.3 is 24.6 Å². The van der Waals surface area contributed by atoms with E-state index in [-0.39, 0.29) is 18.4 Å². The maximum Gasteiger partial charge on any atom is 0.273 e. The second kappa shape index (κ2) is 7.35. The lowest BCUT2D eigenvalue weighted by Gasteiger charge is -2.08. The third kappa shape index (κ3) is 3.86. The summed E-state index contributed by atoms with van der Waals surface area (Å²) in [6.45, 7) is 5.36. The van der Waals surface area contributed by atoms with Gasteiger partial charge in [-0.25, -0.2) is 0 Å². The van der Waals surface area contributed by atoms with E-state index in [9.17, 15) is 4.79 Å². The minimum atomic E-state index is -0.272. The van der Waals surface area contributed by atoms with Crippen LogP contribution in [-0.4, -0.2) is 23.9 Å². The van der Waals surface area contributed by atoms with Crippen molar-refractivity contribution in [2.75, 3.05) is 6.79 Å². The molecule has 2 heterocycles. The van der Waals surface area contributed by atoms with Crippen molar-refractivity contribution < 1.29 is 18.8 Å². The number of nitrogens with one attached hydrogen (secondary N) is 2. The molecule has 7 heteroatoms. The van der Waals surface area contributed by atoms with Gasteiger partial charge in [0.05, 0.1) is 6.54 Å². The standard InChI is InChI=1S/C17H21N3O4/c1-3-11(2)18-9-13-7-14(20-24-13)17(21)19-8-12-4-5-15-16(6-12)23-10-22-15/h4-7,11,18H,3,8-10H2,1-2H3,(H,19,21). The van der Waals surface area contributed by atoms with Crippen molar-refractivity contribution in [1.29, 1.82) is 0 Å². The predicted octanol–water partition coefficient (Wildman–Crippen LogP) is 2.22. The first-order valence-electron chi connectivity index (χ1n) is 8.01. The molecule has 1 aliphatic rings. The summed E-state index contributed by atoms with van der Waals surface area (Å²) in [5.41, 5.74) is 1.20. The second-order valence-corrected chi connectivity index (χ2v) is 5.74. The second-order valence-electron chi connectivity index (χ2n) is 5.74. The van der Waals surface area contributed by atoms with Gasteiger partial charge in [0.15, 0.2) is 23.0 Å². The molecule has 0 saturated heterocycles. The summed E-state index contributed by atoms with van der Waals surface area (Å²) in [5, 5.41) is 9.93. The molecule has 1 amide bonds. The van der Waals surface area contributed by atoms with E-state index < -0.39 is 0 Å². The molecule has 128 valence electrons. The van der Waals surface area contributed by atoms with Gasteiger partial charge in [-0.15, -0.1) is 0 Å². The van der Waals surface area contributed by atoms with Crippen LogP contribution in [0.4, 0.5) is 0 Å². The van der Waals surface area contributed by atoms with Crippen LogP contribution in [0.15, 0.2) is 28.8 Å². The Morgan fingerprint density at radius 1 is 1.25 bits per heavy atom. The van der Waals surface area contributed by atoms with Gasteiger partial charge in [-0.3, -0.25) is 4.79 Å². The molecule has 2 aromatic rings. The molecule has 1 aromatic heterocycles. The zero-order valence-electron chi connectivity index (χ0n) is 13.8. The Bertz CT molecular complexity index is 714. The van der Waals surface area contributed by atoms with Crippen molar-refractivity contribution in [3.8, 4) is 11.5 Å². The molecule has 0 aliphatic carbocycles. The smallest absolute Gasteiger partial charge is 0.273 e. The van der Waals surface area contributed by atoms with E-state index in [0.717, 1.165) is 17.7 Å². The molecule has 3 rings (SSSR count). The molecule has 1 unspecified atom stereocenters. The van der Waals surface area contributed by atoms with Crippen molar-refractivity contribution in [2.45, 2.75) is 39.4 Å². The molecule has 0 radical (unpaired) electrons. The molecule has 1 aromatic carbocycles. The fourth-order valence-electron chi connectivity index (χ4n) is 2.25. The molecular weight excluding hydrogens is 310 g/mol. The zero-order chi connectivity index (χ0) is 16.9. The van der Waals surface area contributed by atoms with Crippen molar-refractivity contribution in [3.63, 3.8) is 0 Å². The molecule has 0 spiro atoms. The number of benzene rings is 1. The Morgan fingerprint density at radius 3 is 2.92 bits per heavy atom. The van der Waals surface area contributed by atoms with E-state index in [2.05, 4.69) is 29.6 Å². The lowest BCUT2D eigenvalue weighted by molar-refractivity contribution is 0.0941. The predicted molar refractivity (Wildman–Crippen MR) is 86.8 cm³/mol. The highest BCUT2D eigenvalue weighted by Crippen LogP contribution is 2.32. The Labute approximate surface area is 140 Å². The van der Waals surface area contributed by atoms with E-state index in [1.165, 1.54) is 0 Å². The molecule has 2 N–H and O–H groups in total. The number of hydrogen-bond donors (Lipinski definition) is 2. The number of carbonyl (C=O) groups excluding carboxylic acids is 1. The number of carbonyl (C=O) groups is 1. The average molecular weight is 331 g/mol. The van der Waals surface area contributed by atoms with Crippen LogP contribution in [0.3, 0.4) is 0 Å². The van der Waals surface area contributed by atoms with Gasteiger partial charge in [0.2, 0.25) is 6.79 Å². The summed E-state index contributed by atoms with van der Waals surface area (Å²) in [4.78, 5) is 12.1. The maximum atomic E-state index is 12.1. The summed E-state index contributed by atoms with van der Waals surface area (Å²) < 4.78 is 15.8. The highest BCUT2D eigenvalue weighted by Gasteiger charge is 2.15. The fourth-order valence-corrected chi connectivity index (χ4v) is 2.25. The van der Waals surface area contributed by atoms with Gasteiger partial charge in [0.25, 0.3) is 5.91 Å². The lowest BCUT2D eigenvalue weighted by Crippen LogP contribution is -2.24. The summed E-state index contributed by atoms with van der Waals surface area (Å²) >= 11 is 0. The van der Waals surface area contributed by atoms with Crippen LogP contribution in [0.2, 0.25) is 0 Å². The highest BCUT2D eigenvalue weighted by molar-refractivity contribution is 5.92. The molecule has 7 nitrogen and oxygen atoms in total. The number of rotatable bonds is 7. The highest BCUT2D eigenvalue weighted by atomic mass is 16.7. The van der Waals surface area contributed by atoms with Crippen LogP contribution < -0.4 is 20.1 Å². The van der Waals surface area contributed by atoms with Gasteiger partial charge in [0.1, 0.15) is 0 Å². The lowest BCUT2D eigenvalue weighted by atomic mass is 10.2. The SMILES string of the molecule is CCC(C)NCc1cc(C(=O)NCc2ccc3c(c2)OCO3)no1. The van der Waals surface area contributed by atoms with E-state index in [4.69, 9.17) is 14.0 Å². The number of nitrogens with zero attached hydrogens (tertiary/aromatic N) is 1. The minimum Gasteiger partial charge on any atom is -0.454 e. The molecule has 1 aliphatic heterocycles. The quantitative estimate of drug-likeness (QED) is 0.809. The molecule has 1 atom stereocenters. The van der Waals surface area contributed by atoms with Crippen molar-refractivity contribution in [3.05, 3.63) is 41.3 Å². The van der Waals surface area contributed by atoms with Gasteiger partial charge in [-0.1, -0.05) is 18.1 Å². The third-order valence-electron chi connectivity index (χ3n) is 3.92. The van der Waals surface area contributed by atoms with Crippen molar-refractivity contribution >= 4 is 5.91 Å². The Kier molecular flexibility index (Phi) is 5.00. The van der Waals surface area contributed by atoms with E-state index in [0.29, 0.717) is 30.6 Å². The summed E-state index contributed by atoms with van der Waals surface area (Å²) in [6.07, 6.45) is 1.02. The first-order valence-corrected chi connectivity index (χ1v) is 8.01. The van der Waals surface area contributed by atoms with Crippen LogP contribution in [0.25, 0.3) is 0 Å². The zero-order valence-corrected chi connectivity index (χ0v) is 13.8. The van der Waals surface area contributed by atoms with E-state index in [1.54, 1.807) is 6.07 Å². The first kappa shape index (κ1) is 16.3. The number of ether oxygens (including phenoxy) is 2. The van der Waals surface area contributed by atoms with Gasteiger partial charge in [-0.05, 0) is 31.0 Å². The normalized spacial score (nSPS) is 13.8. The average Bonchev–Trinajstić information content (AvgIpc) is 3.26. The largest absolute Gasteiger partial charge is 0.454 e. The molecular formula is C17H21N3O4. The van der Waals surface area contributed by atoms with Gasteiger partial charge >= 0.3 is 0 Å². The Morgan fingerprint density at radius 2 is 2.08 bits per heavy atom. The number of amides is 1. The van der Waals surface area contributed by atoms with Crippen molar-refractivity contribution in [2.24, 2.45) is 0 Å². The monoisotopic (exact) mass is 331 g/mol. The molecule has 0 saturated carbocycles. The first-order chi connectivity index (χ1) is 11.7. The number of fused-ring (bicyclic) bond motifs is 1. The third-order valence-corrected chi connectivity index (χ3v) is 3.92. The molecule has 0 fully saturated rings. The van der Waals surface area contributed by atoms with Crippen LogP contribution >= 0.6 is 0 Å². The van der Waals surface area contributed by atoms with Gasteiger partial charge in [-0.2, -0.15) is 0 Å². The Balaban J connectivity index is 1.52. The maximum absolute atomic E-state index is 12.1. The Hall–Kier alpha value is -2.54. The summed E-state index contributed by atoms with van der Waals surface area (Å²) in [6, 6.07) is 7.62. The summed E-state index contributed by atoms with van der Waals surface area (Å²) in [5.74, 6) is 1.79. The van der Waals surface area contributed by atoms with Crippen molar-refractivity contribution in [1.82, 2.24) is 15.8 Å². The van der Waals surface area contributed by atoms with Crippen LogP contribution in [0.5, 0.6) is 11.5 Å². The topological polar surface area (TPSA) is 85.6 Å². The van der Waals surface area contributed by atoms with E-state index in [1.807, 2.05) is 18.2 Å².